The summed E-state index contributed by atoms with van der Waals surface area (Å²) in [6.07, 6.45) is 0.667. The van der Waals surface area contributed by atoms with Gasteiger partial charge in [0, 0.05) is 13.0 Å². The van der Waals surface area contributed by atoms with Crippen molar-refractivity contribution < 1.29 is 19.7 Å². The standard InChI is InChI=1S/C14H29NO4/c1-7-10-11(2,8-16)19-12(3,9-18-6)14(5,15)13(10,4)17/h10,16-17H,7-9,15H2,1-6H3. The molecule has 4 N–H and O–H groups in total. The van der Waals surface area contributed by atoms with E-state index in [4.69, 9.17) is 15.2 Å². The Balaban J connectivity index is 3.36. The van der Waals surface area contributed by atoms with E-state index in [2.05, 4.69) is 0 Å². The summed E-state index contributed by atoms with van der Waals surface area (Å²) in [4.78, 5) is 0. The van der Waals surface area contributed by atoms with Crippen molar-refractivity contribution in [2.45, 2.75) is 63.4 Å². The number of nitrogens with two attached hydrogens (primary N) is 1. The maximum Gasteiger partial charge on any atom is 0.110 e. The molecule has 19 heavy (non-hydrogen) atoms. The topological polar surface area (TPSA) is 84.9 Å². The van der Waals surface area contributed by atoms with Crippen molar-refractivity contribution >= 4 is 0 Å². The minimum absolute atomic E-state index is 0.170. The Hall–Kier alpha value is -0.200. The van der Waals surface area contributed by atoms with Crippen molar-refractivity contribution in [1.29, 1.82) is 0 Å². The van der Waals surface area contributed by atoms with E-state index in [1.54, 1.807) is 21.0 Å². The third kappa shape index (κ3) is 2.21. The molecular weight excluding hydrogens is 246 g/mol. The lowest BCUT2D eigenvalue weighted by molar-refractivity contribution is -0.318. The third-order valence-corrected chi connectivity index (χ3v) is 5.17. The Labute approximate surface area is 116 Å². The summed E-state index contributed by atoms with van der Waals surface area (Å²) < 4.78 is 11.4. The zero-order valence-corrected chi connectivity index (χ0v) is 13.0. The first-order valence-electron chi connectivity index (χ1n) is 6.83. The van der Waals surface area contributed by atoms with Crippen LogP contribution in [0.15, 0.2) is 0 Å². The van der Waals surface area contributed by atoms with E-state index in [-0.39, 0.29) is 19.1 Å². The van der Waals surface area contributed by atoms with E-state index >= 15 is 0 Å². The van der Waals surface area contributed by atoms with Crippen molar-refractivity contribution in [2.24, 2.45) is 11.7 Å². The van der Waals surface area contributed by atoms with Crippen molar-refractivity contribution in [1.82, 2.24) is 0 Å². The van der Waals surface area contributed by atoms with Gasteiger partial charge in [-0.15, -0.1) is 0 Å². The Kier molecular flexibility index (Phi) is 4.41. The van der Waals surface area contributed by atoms with Crippen LogP contribution in [0.3, 0.4) is 0 Å². The summed E-state index contributed by atoms with van der Waals surface area (Å²) in [5.74, 6) is -0.259. The molecule has 0 aromatic carbocycles. The molecule has 0 amide bonds. The molecule has 0 spiro atoms. The minimum Gasteiger partial charge on any atom is -0.393 e. The monoisotopic (exact) mass is 275 g/mol. The number of methoxy groups -OCH3 is 1. The van der Waals surface area contributed by atoms with E-state index < -0.39 is 22.3 Å². The molecule has 1 saturated heterocycles. The van der Waals surface area contributed by atoms with Crippen LogP contribution >= 0.6 is 0 Å². The third-order valence-electron chi connectivity index (χ3n) is 5.17. The van der Waals surface area contributed by atoms with Crippen LogP contribution in [0.1, 0.15) is 41.0 Å². The van der Waals surface area contributed by atoms with Crippen molar-refractivity contribution in [3.8, 4) is 0 Å². The molecule has 0 aliphatic carbocycles. The highest BCUT2D eigenvalue weighted by Crippen LogP contribution is 2.51. The molecule has 1 heterocycles. The van der Waals surface area contributed by atoms with Gasteiger partial charge in [-0.1, -0.05) is 6.92 Å². The van der Waals surface area contributed by atoms with Gasteiger partial charge < -0.3 is 25.4 Å². The number of aliphatic hydroxyl groups is 2. The van der Waals surface area contributed by atoms with Crippen molar-refractivity contribution in [3.05, 3.63) is 0 Å². The second-order valence-corrected chi connectivity index (χ2v) is 6.55. The largest absolute Gasteiger partial charge is 0.393 e. The van der Waals surface area contributed by atoms with Crippen LogP contribution in [0.4, 0.5) is 0 Å². The van der Waals surface area contributed by atoms with Crippen LogP contribution in [0, 0.1) is 5.92 Å². The van der Waals surface area contributed by atoms with Crippen LogP contribution in [-0.2, 0) is 9.47 Å². The Bertz CT molecular complexity index is 325. The Morgan fingerprint density at radius 2 is 1.79 bits per heavy atom. The van der Waals surface area contributed by atoms with E-state index in [1.807, 2.05) is 20.8 Å². The van der Waals surface area contributed by atoms with Gasteiger partial charge in [0.25, 0.3) is 0 Å². The highest BCUT2D eigenvalue weighted by atomic mass is 16.6. The molecule has 0 aromatic heterocycles. The predicted molar refractivity (Wildman–Crippen MR) is 73.9 cm³/mol. The van der Waals surface area contributed by atoms with Gasteiger partial charge in [0.05, 0.1) is 30.0 Å². The number of aliphatic hydroxyl groups excluding tert-OH is 1. The van der Waals surface area contributed by atoms with Gasteiger partial charge in [0.15, 0.2) is 0 Å². The number of rotatable bonds is 4. The Morgan fingerprint density at radius 3 is 2.16 bits per heavy atom. The second kappa shape index (κ2) is 4.97. The number of hydrogen-bond acceptors (Lipinski definition) is 5. The first kappa shape index (κ1) is 16.9. The van der Waals surface area contributed by atoms with Gasteiger partial charge in [-0.3, -0.25) is 0 Å². The van der Waals surface area contributed by atoms with E-state index in [0.29, 0.717) is 6.42 Å². The summed E-state index contributed by atoms with van der Waals surface area (Å²) in [6.45, 7) is 9.20. The van der Waals surface area contributed by atoms with Crippen LogP contribution in [0.5, 0.6) is 0 Å². The Morgan fingerprint density at radius 1 is 1.26 bits per heavy atom. The number of hydrogen-bond donors (Lipinski definition) is 3. The fourth-order valence-corrected chi connectivity index (χ4v) is 3.61. The summed E-state index contributed by atoms with van der Waals surface area (Å²) in [5.41, 5.74) is 2.53. The molecule has 0 aromatic rings. The quantitative estimate of drug-likeness (QED) is 0.702. The molecule has 0 radical (unpaired) electrons. The zero-order chi connectivity index (χ0) is 15.1. The highest BCUT2D eigenvalue weighted by molar-refractivity contribution is 5.19. The molecule has 1 aliphatic rings. The molecule has 5 atom stereocenters. The highest BCUT2D eigenvalue weighted by Gasteiger charge is 2.66. The van der Waals surface area contributed by atoms with E-state index in [0.717, 1.165) is 0 Å². The van der Waals surface area contributed by atoms with Gasteiger partial charge >= 0.3 is 0 Å². The van der Waals surface area contributed by atoms with Crippen LogP contribution in [0.2, 0.25) is 0 Å². The van der Waals surface area contributed by atoms with Crippen LogP contribution < -0.4 is 5.73 Å². The van der Waals surface area contributed by atoms with Crippen molar-refractivity contribution in [2.75, 3.05) is 20.3 Å². The van der Waals surface area contributed by atoms with Crippen molar-refractivity contribution in [3.63, 3.8) is 0 Å². The molecule has 5 nitrogen and oxygen atoms in total. The summed E-state index contributed by atoms with van der Waals surface area (Å²) >= 11 is 0. The van der Waals surface area contributed by atoms with E-state index in [1.165, 1.54) is 0 Å². The molecule has 1 fully saturated rings. The molecular formula is C14H29NO4. The first-order chi connectivity index (χ1) is 8.52. The summed E-state index contributed by atoms with van der Waals surface area (Å²) in [6, 6.07) is 0. The molecule has 5 heteroatoms. The average molecular weight is 275 g/mol. The fraction of sp³-hybridized carbons (Fsp3) is 1.00. The van der Waals surface area contributed by atoms with Gasteiger partial charge in [-0.25, -0.2) is 0 Å². The SMILES string of the molecule is CCC1C(C)(CO)OC(C)(COC)C(C)(N)C1(C)O. The molecule has 0 bridgehead atoms. The van der Waals surface area contributed by atoms with Gasteiger partial charge in [0.2, 0.25) is 0 Å². The van der Waals surface area contributed by atoms with Gasteiger partial charge in [-0.2, -0.15) is 0 Å². The maximum absolute atomic E-state index is 11.0. The maximum atomic E-state index is 11.0. The van der Waals surface area contributed by atoms with Crippen LogP contribution in [-0.4, -0.2) is 52.9 Å². The summed E-state index contributed by atoms with van der Waals surface area (Å²) in [7, 11) is 1.57. The smallest absolute Gasteiger partial charge is 0.110 e. The lowest BCUT2D eigenvalue weighted by Gasteiger charge is -2.63. The predicted octanol–water partition coefficient (Wildman–Crippen LogP) is 0.667. The molecule has 1 rings (SSSR count). The van der Waals surface area contributed by atoms with E-state index in [9.17, 15) is 10.2 Å². The lowest BCUT2D eigenvalue weighted by atomic mass is 9.58. The van der Waals surface area contributed by atoms with Gasteiger partial charge in [-0.05, 0) is 34.1 Å². The second-order valence-electron chi connectivity index (χ2n) is 6.55. The molecule has 5 unspecified atom stereocenters. The first-order valence-corrected chi connectivity index (χ1v) is 6.83. The fourth-order valence-electron chi connectivity index (χ4n) is 3.61. The molecule has 1 aliphatic heterocycles. The number of ether oxygens (including phenoxy) is 2. The van der Waals surface area contributed by atoms with Gasteiger partial charge in [0.1, 0.15) is 5.60 Å². The van der Waals surface area contributed by atoms with Crippen LogP contribution in [0.25, 0.3) is 0 Å². The zero-order valence-electron chi connectivity index (χ0n) is 13.0. The minimum atomic E-state index is -1.18. The lowest BCUT2D eigenvalue weighted by Crippen LogP contribution is -2.81. The average Bonchev–Trinajstić information content (AvgIpc) is 2.27. The summed E-state index contributed by atoms with van der Waals surface area (Å²) in [5, 5.41) is 20.8. The molecule has 114 valence electrons. The molecule has 0 saturated carbocycles. The normalized spacial score (nSPS) is 51.3.